The maximum atomic E-state index is 4.09. The van der Waals surface area contributed by atoms with Gasteiger partial charge in [0.1, 0.15) is 0 Å². The fraction of sp³-hybridized carbons (Fsp3) is 0.400. The van der Waals surface area contributed by atoms with E-state index in [2.05, 4.69) is 76.8 Å². The molecule has 0 aliphatic carbocycles. The Labute approximate surface area is 124 Å². The summed E-state index contributed by atoms with van der Waals surface area (Å²) < 4.78 is 0. The predicted octanol–water partition coefficient (Wildman–Crippen LogP) is 5.81. The first-order chi connectivity index (χ1) is 9.58. The average Bonchev–Trinajstić information content (AvgIpc) is 2.47. The Morgan fingerprint density at radius 3 is 2.60 bits per heavy atom. The molecule has 108 valence electrons. The monoisotopic (exact) mass is 268 g/mol. The molecule has 1 aromatic rings. The van der Waals surface area contributed by atoms with Crippen molar-refractivity contribution < 1.29 is 0 Å². The van der Waals surface area contributed by atoms with Crippen molar-refractivity contribution in [3.05, 3.63) is 71.3 Å². The molecule has 0 bridgehead atoms. The highest BCUT2D eigenvalue weighted by molar-refractivity contribution is 5.33. The van der Waals surface area contributed by atoms with Crippen molar-refractivity contribution in [2.45, 2.75) is 47.0 Å². The minimum Gasteiger partial charge on any atom is -0.0956 e. The summed E-state index contributed by atoms with van der Waals surface area (Å²) in [7, 11) is 0. The minimum absolute atomic E-state index is 0.573. The van der Waals surface area contributed by atoms with Crippen molar-refractivity contribution >= 4 is 0 Å². The van der Waals surface area contributed by atoms with Crippen LogP contribution in [0.4, 0.5) is 0 Å². The van der Waals surface area contributed by atoms with Crippen molar-refractivity contribution in [3.8, 4) is 0 Å². The van der Waals surface area contributed by atoms with Gasteiger partial charge in [0.2, 0.25) is 0 Å². The number of allylic oxidation sites excluding steroid dienone is 5. The molecule has 0 fully saturated rings. The third-order valence-electron chi connectivity index (χ3n) is 3.96. The topological polar surface area (TPSA) is 0 Å². The molecule has 0 spiro atoms. The van der Waals surface area contributed by atoms with E-state index >= 15 is 0 Å². The molecular weight excluding hydrogens is 240 g/mol. The van der Waals surface area contributed by atoms with Crippen LogP contribution in [0.25, 0.3) is 0 Å². The predicted molar refractivity (Wildman–Crippen MR) is 91.1 cm³/mol. The molecule has 0 amide bonds. The number of aryl methyl sites for hydroxylation is 2. The second-order valence-corrected chi connectivity index (χ2v) is 5.49. The summed E-state index contributed by atoms with van der Waals surface area (Å²) in [6, 6.07) is 6.78. The van der Waals surface area contributed by atoms with Gasteiger partial charge in [-0.15, -0.1) is 0 Å². The molecule has 0 saturated heterocycles. The van der Waals surface area contributed by atoms with Crippen LogP contribution in [0.1, 0.15) is 43.9 Å². The molecule has 0 aromatic heterocycles. The van der Waals surface area contributed by atoms with Gasteiger partial charge in [-0.1, -0.05) is 75.4 Å². The number of hydrogen-bond donors (Lipinski definition) is 0. The van der Waals surface area contributed by atoms with E-state index in [4.69, 9.17) is 0 Å². The van der Waals surface area contributed by atoms with Crippen LogP contribution in [0.5, 0.6) is 0 Å². The SMILES string of the molecule is C=C(/C=C\C=C/Cc1ccc(CC)cc1C)C(C)CC. The largest absolute Gasteiger partial charge is 0.0956 e. The molecule has 1 unspecified atom stereocenters. The quantitative estimate of drug-likeness (QED) is 0.547. The van der Waals surface area contributed by atoms with Gasteiger partial charge in [0.15, 0.2) is 0 Å². The Hall–Kier alpha value is -1.56. The van der Waals surface area contributed by atoms with E-state index in [0.29, 0.717) is 5.92 Å². The number of benzene rings is 1. The molecule has 0 nitrogen and oxygen atoms in total. The van der Waals surface area contributed by atoms with Crippen molar-refractivity contribution in [1.29, 1.82) is 0 Å². The lowest BCUT2D eigenvalue weighted by atomic mass is 9.99. The van der Waals surface area contributed by atoms with Crippen molar-refractivity contribution in [1.82, 2.24) is 0 Å². The summed E-state index contributed by atoms with van der Waals surface area (Å²) in [5.41, 5.74) is 5.43. The first kappa shape index (κ1) is 16.5. The maximum Gasteiger partial charge on any atom is -0.00917 e. The first-order valence-corrected chi connectivity index (χ1v) is 7.68. The summed E-state index contributed by atoms with van der Waals surface area (Å²) in [4.78, 5) is 0. The fourth-order valence-corrected chi connectivity index (χ4v) is 2.09. The van der Waals surface area contributed by atoms with Gasteiger partial charge in [0, 0.05) is 0 Å². The lowest BCUT2D eigenvalue weighted by Crippen LogP contribution is -1.92. The van der Waals surface area contributed by atoms with E-state index in [-0.39, 0.29) is 0 Å². The van der Waals surface area contributed by atoms with Gasteiger partial charge in [0.25, 0.3) is 0 Å². The Morgan fingerprint density at radius 2 is 2.00 bits per heavy atom. The molecule has 0 heteroatoms. The van der Waals surface area contributed by atoms with E-state index in [1.54, 1.807) is 0 Å². The van der Waals surface area contributed by atoms with Gasteiger partial charge >= 0.3 is 0 Å². The Balaban J connectivity index is 2.53. The summed E-state index contributed by atoms with van der Waals surface area (Å²) in [5, 5.41) is 0. The van der Waals surface area contributed by atoms with Gasteiger partial charge in [-0.3, -0.25) is 0 Å². The third kappa shape index (κ3) is 5.21. The number of hydrogen-bond acceptors (Lipinski definition) is 0. The molecule has 1 rings (SSSR count). The Morgan fingerprint density at radius 1 is 1.25 bits per heavy atom. The van der Waals surface area contributed by atoms with E-state index in [1.165, 1.54) is 22.3 Å². The average molecular weight is 268 g/mol. The lowest BCUT2D eigenvalue weighted by molar-refractivity contribution is 0.673. The molecule has 0 aliphatic rings. The molecular formula is C20H28. The molecule has 0 radical (unpaired) electrons. The van der Waals surface area contributed by atoms with Crippen LogP contribution >= 0.6 is 0 Å². The van der Waals surface area contributed by atoms with Crippen molar-refractivity contribution in [2.24, 2.45) is 5.92 Å². The highest BCUT2D eigenvalue weighted by Gasteiger charge is 1.99. The van der Waals surface area contributed by atoms with E-state index in [0.717, 1.165) is 19.3 Å². The molecule has 0 heterocycles. The Kier molecular flexibility index (Phi) is 7.08. The molecule has 1 aromatic carbocycles. The summed E-state index contributed by atoms with van der Waals surface area (Å²) in [5.74, 6) is 0.573. The second-order valence-electron chi connectivity index (χ2n) is 5.49. The van der Waals surface area contributed by atoms with Crippen LogP contribution in [0, 0.1) is 12.8 Å². The number of rotatable bonds is 7. The van der Waals surface area contributed by atoms with Crippen LogP contribution in [0.2, 0.25) is 0 Å². The zero-order valence-corrected chi connectivity index (χ0v) is 13.4. The van der Waals surface area contributed by atoms with Crippen molar-refractivity contribution in [2.75, 3.05) is 0 Å². The van der Waals surface area contributed by atoms with Crippen molar-refractivity contribution in [3.63, 3.8) is 0 Å². The Bertz CT molecular complexity index is 489. The molecule has 0 aliphatic heterocycles. The van der Waals surface area contributed by atoms with Crippen LogP contribution in [0.3, 0.4) is 0 Å². The minimum atomic E-state index is 0.573. The van der Waals surface area contributed by atoms with Crippen LogP contribution < -0.4 is 0 Å². The van der Waals surface area contributed by atoms with Crippen LogP contribution in [-0.4, -0.2) is 0 Å². The van der Waals surface area contributed by atoms with E-state index < -0.39 is 0 Å². The molecule has 0 N–H and O–H groups in total. The van der Waals surface area contributed by atoms with E-state index in [9.17, 15) is 0 Å². The molecule has 20 heavy (non-hydrogen) atoms. The van der Waals surface area contributed by atoms with Crippen LogP contribution in [-0.2, 0) is 12.8 Å². The zero-order chi connectivity index (χ0) is 15.0. The van der Waals surface area contributed by atoms with Crippen LogP contribution in [0.15, 0.2) is 54.7 Å². The van der Waals surface area contributed by atoms with Gasteiger partial charge in [0.05, 0.1) is 0 Å². The first-order valence-electron chi connectivity index (χ1n) is 7.68. The summed E-state index contributed by atoms with van der Waals surface area (Å²) in [6.07, 6.45) is 11.8. The van der Waals surface area contributed by atoms with Gasteiger partial charge < -0.3 is 0 Å². The molecule has 1 atom stereocenters. The zero-order valence-electron chi connectivity index (χ0n) is 13.4. The lowest BCUT2D eigenvalue weighted by Gasteiger charge is -2.06. The fourth-order valence-electron chi connectivity index (χ4n) is 2.09. The normalized spacial score (nSPS) is 13.2. The summed E-state index contributed by atoms with van der Waals surface area (Å²) >= 11 is 0. The standard InChI is InChI=1S/C20H28/c1-6-16(3)17(4)11-9-8-10-12-20-14-13-19(7-2)15-18(20)5/h8-11,13-16H,4,6-7,12H2,1-3,5H3/b10-8-,11-9-. The van der Waals surface area contributed by atoms with Gasteiger partial charge in [-0.05, 0) is 48.8 Å². The summed E-state index contributed by atoms with van der Waals surface area (Å²) in [6.45, 7) is 12.9. The van der Waals surface area contributed by atoms with Gasteiger partial charge in [-0.25, -0.2) is 0 Å². The second kappa shape index (κ2) is 8.58. The smallest absolute Gasteiger partial charge is 0.00917 e. The van der Waals surface area contributed by atoms with Gasteiger partial charge in [-0.2, -0.15) is 0 Å². The highest BCUT2D eigenvalue weighted by Crippen LogP contribution is 2.14. The maximum absolute atomic E-state index is 4.09. The molecule has 0 saturated carbocycles. The highest BCUT2D eigenvalue weighted by atomic mass is 14.0. The third-order valence-corrected chi connectivity index (χ3v) is 3.96. The van der Waals surface area contributed by atoms with E-state index in [1.807, 2.05) is 0 Å².